The molecule has 39 heavy (non-hydrogen) atoms. The van der Waals surface area contributed by atoms with Crippen LogP contribution in [-0.2, 0) is 4.74 Å². The molecule has 0 bridgehead atoms. The SMILES string of the molecule is CC.CC(C)C(C)C.CCC1CCOCC1.Cc1nc(-c2cc(N)ncc2Cl)ccc1F.NC1CCCCC1. The zero-order valence-corrected chi connectivity index (χ0v) is 26.7. The van der Waals surface area contributed by atoms with Crippen LogP contribution in [0.1, 0.15) is 106 Å². The van der Waals surface area contributed by atoms with Crippen LogP contribution in [0.4, 0.5) is 10.2 Å². The average molecular weight is 567 g/mol. The standard InChI is InChI=1S/C11H9ClFN3.C7H14O.C6H13N.C6H14.C2H6/c1-6-9(13)2-3-10(16-6)7-4-11(14)15-5-8(7)12;1-2-7-3-5-8-6-4-7;7-6-4-2-1-3-5-6;1-5(2)6(3)4;1-2/h2-5H,1H3,(H2,14,15);7H,2-6H2,1H3;6H,1-5,7H2;5-6H,1-4H3;1-2H3. The van der Waals surface area contributed by atoms with Crippen molar-refractivity contribution < 1.29 is 9.13 Å². The van der Waals surface area contributed by atoms with Gasteiger partial charge >= 0.3 is 0 Å². The molecule has 5 nitrogen and oxygen atoms in total. The summed E-state index contributed by atoms with van der Waals surface area (Å²) < 4.78 is 18.3. The molecule has 2 fully saturated rings. The van der Waals surface area contributed by atoms with E-state index in [0.717, 1.165) is 31.0 Å². The van der Waals surface area contributed by atoms with E-state index in [9.17, 15) is 4.39 Å². The normalized spacial score (nSPS) is 15.5. The number of nitrogen functional groups attached to an aromatic ring is 1. The number of hydrogen-bond donors (Lipinski definition) is 2. The van der Waals surface area contributed by atoms with Gasteiger partial charge in [0.2, 0.25) is 0 Å². The molecule has 7 heteroatoms. The zero-order valence-electron chi connectivity index (χ0n) is 25.9. The van der Waals surface area contributed by atoms with Crippen LogP contribution in [0.3, 0.4) is 0 Å². The molecule has 1 saturated heterocycles. The molecule has 2 aliphatic rings. The molecular formula is C32H56ClFN4O. The number of nitrogens with zero attached hydrogens (tertiary/aromatic N) is 2. The van der Waals surface area contributed by atoms with Crippen molar-refractivity contribution >= 4 is 17.4 Å². The van der Waals surface area contributed by atoms with E-state index in [0.29, 0.717) is 33.8 Å². The quantitative estimate of drug-likeness (QED) is 0.386. The Hall–Kier alpha value is -1.76. The molecule has 1 saturated carbocycles. The number of halogens is 2. The Morgan fingerprint density at radius 2 is 1.56 bits per heavy atom. The molecule has 0 spiro atoms. The Morgan fingerprint density at radius 1 is 1.00 bits per heavy atom. The van der Waals surface area contributed by atoms with Gasteiger partial charge in [-0.2, -0.15) is 0 Å². The molecular weight excluding hydrogens is 511 g/mol. The Morgan fingerprint density at radius 3 is 1.97 bits per heavy atom. The lowest BCUT2D eigenvalue weighted by Crippen LogP contribution is -2.22. The molecule has 0 aromatic carbocycles. The van der Waals surface area contributed by atoms with Crippen molar-refractivity contribution in [2.75, 3.05) is 18.9 Å². The Kier molecular flexibility index (Phi) is 21.0. The summed E-state index contributed by atoms with van der Waals surface area (Å²) in [5.41, 5.74) is 12.8. The second kappa shape index (κ2) is 22.0. The maximum absolute atomic E-state index is 13.1. The van der Waals surface area contributed by atoms with Gasteiger partial charge < -0.3 is 16.2 Å². The molecule has 3 heterocycles. The number of ether oxygens (including phenoxy) is 1. The smallest absolute Gasteiger partial charge is 0.144 e. The van der Waals surface area contributed by atoms with Gasteiger partial charge in [-0.1, -0.05) is 85.8 Å². The number of aromatic nitrogens is 2. The highest BCUT2D eigenvalue weighted by Crippen LogP contribution is 2.27. The zero-order chi connectivity index (χ0) is 29.8. The van der Waals surface area contributed by atoms with Crippen molar-refractivity contribution in [1.29, 1.82) is 0 Å². The molecule has 0 atom stereocenters. The highest BCUT2D eigenvalue weighted by atomic mass is 35.5. The second-order valence-corrected chi connectivity index (χ2v) is 11.1. The lowest BCUT2D eigenvalue weighted by Gasteiger charge is -2.19. The van der Waals surface area contributed by atoms with Crippen LogP contribution in [0.5, 0.6) is 0 Å². The van der Waals surface area contributed by atoms with Crippen molar-refractivity contribution in [3.8, 4) is 11.3 Å². The highest BCUT2D eigenvalue weighted by Gasteiger charge is 2.10. The number of hydrogen-bond acceptors (Lipinski definition) is 5. The molecule has 2 aromatic rings. The van der Waals surface area contributed by atoms with Gasteiger partial charge in [-0.25, -0.2) is 9.37 Å². The maximum atomic E-state index is 13.1. The predicted molar refractivity (Wildman–Crippen MR) is 168 cm³/mol. The fraction of sp³-hybridized carbons (Fsp3) is 0.688. The lowest BCUT2D eigenvalue weighted by molar-refractivity contribution is 0.0654. The van der Waals surface area contributed by atoms with E-state index in [1.165, 1.54) is 63.6 Å². The summed E-state index contributed by atoms with van der Waals surface area (Å²) in [5.74, 6) is 2.67. The van der Waals surface area contributed by atoms with Crippen molar-refractivity contribution in [1.82, 2.24) is 9.97 Å². The summed E-state index contributed by atoms with van der Waals surface area (Å²) in [6.07, 6.45) is 12.0. The summed E-state index contributed by atoms with van der Waals surface area (Å²) in [7, 11) is 0. The van der Waals surface area contributed by atoms with E-state index in [1.807, 2.05) is 13.8 Å². The van der Waals surface area contributed by atoms with Crippen LogP contribution >= 0.6 is 11.6 Å². The Labute approximate surface area is 243 Å². The summed E-state index contributed by atoms with van der Waals surface area (Å²) in [5, 5.41) is 0.438. The number of rotatable bonds is 3. The minimum atomic E-state index is -0.345. The maximum Gasteiger partial charge on any atom is 0.144 e. The van der Waals surface area contributed by atoms with Crippen molar-refractivity contribution in [3.05, 3.63) is 40.9 Å². The van der Waals surface area contributed by atoms with Gasteiger partial charge in [0.15, 0.2) is 0 Å². The summed E-state index contributed by atoms with van der Waals surface area (Å²) in [4.78, 5) is 7.95. The van der Waals surface area contributed by atoms with Gasteiger partial charge in [-0.3, -0.25) is 4.98 Å². The third kappa shape index (κ3) is 16.8. The molecule has 0 unspecified atom stereocenters. The minimum Gasteiger partial charge on any atom is -0.384 e. The predicted octanol–water partition coefficient (Wildman–Crippen LogP) is 9.25. The van der Waals surface area contributed by atoms with E-state index in [4.69, 9.17) is 27.8 Å². The molecule has 4 rings (SSSR count). The van der Waals surface area contributed by atoms with E-state index >= 15 is 0 Å². The number of pyridine rings is 2. The fourth-order valence-electron chi connectivity index (χ4n) is 3.63. The first-order valence-electron chi connectivity index (χ1n) is 14.9. The van der Waals surface area contributed by atoms with Crippen LogP contribution in [0.15, 0.2) is 24.4 Å². The van der Waals surface area contributed by atoms with Crippen LogP contribution in [-0.4, -0.2) is 29.2 Å². The Balaban J connectivity index is 0.000000530. The van der Waals surface area contributed by atoms with Crippen LogP contribution in [0.2, 0.25) is 5.02 Å². The number of nitrogens with two attached hydrogens (primary N) is 2. The largest absolute Gasteiger partial charge is 0.384 e. The summed E-state index contributed by atoms with van der Waals surface area (Å²) in [6.45, 7) is 18.8. The van der Waals surface area contributed by atoms with Gasteiger partial charge in [0, 0.05) is 31.0 Å². The van der Waals surface area contributed by atoms with Gasteiger partial charge in [0.05, 0.1) is 16.4 Å². The lowest BCUT2D eigenvalue weighted by atomic mass is 9.97. The first kappa shape index (κ1) is 37.2. The molecule has 224 valence electrons. The van der Waals surface area contributed by atoms with Crippen LogP contribution in [0, 0.1) is 30.5 Å². The number of anilines is 1. The van der Waals surface area contributed by atoms with Gasteiger partial charge in [-0.15, -0.1) is 0 Å². The Bertz CT molecular complexity index is 876. The van der Waals surface area contributed by atoms with Gasteiger partial charge in [0.25, 0.3) is 0 Å². The second-order valence-electron chi connectivity index (χ2n) is 10.7. The van der Waals surface area contributed by atoms with Gasteiger partial charge in [-0.05, 0) is 68.6 Å². The van der Waals surface area contributed by atoms with Crippen molar-refractivity contribution in [2.45, 2.75) is 113 Å². The van der Waals surface area contributed by atoms with E-state index < -0.39 is 0 Å². The van der Waals surface area contributed by atoms with Crippen molar-refractivity contribution in [3.63, 3.8) is 0 Å². The van der Waals surface area contributed by atoms with Crippen LogP contribution < -0.4 is 11.5 Å². The fourth-order valence-corrected chi connectivity index (χ4v) is 3.83. The summed E-state index contributed by atoms with van der Waals surface area (Å²) >= 11 is 5.97. The molecule has 0 radical (unpaired) electrons. The van der Waals surface area contributed by atoms with E-state index in [-0.39, 0.29) is 5.82 Å². The first-order chi connectivity index (χ1) is 18.5. The molecule has 4 N–H and O–H groups in total. The topological polar surface area (TPSA) is 87.0 Å². The molecule has 0 amide bonds. The van der Waals surface area contributed by atoms with Crippen LogP contribution in [0.25, 0.3) is 11.3 Å². The molecule has 1 aliphatic carbocycles. The summed E-state index contributed by atoms with van der Waals surface area (Å²) in [6, 6.07) is 5.06. The molecule has 2 aromatic heterocycles. The van der Waals surface area contributed by atoms with Crippen molar-refractivity contribution in [2.24, 2.45) is 23.5 Å². The number of aryl methyl sites for hydroxylation is 1. The minimum absolute atomic E-state index is 0.323. The highest BCUT2D eigenvalue weighted by molar-refractivity contribution is 6.33. The average Bonchev–Trinajstić information content (AvgIpc) is 2.94. The third-order valence-corrected chi connectivity index (χ3v) is 7.38. The third-order valence-electron chi connectivity index (χ3n) is 7.08. The van der Waals surface area contributed by atoms with E-state index in [2.05, 4.69) is 44.6 Å². The monoisotopic (exact) mass is 566 g/mol. The van der Waals surface area contributed by atoms with Gasteiger partial charge in [0.1, 0.15) is 11.6 Å². The van der Waals surface area contributed by atoms with E-state index in [1.54, 1.807) is 19.1 Å². The molecule has 1 aliphatic heterocycles. The first-order valence-corrected chi connectivity index (χ1v) is 15.3.